The van der Waals surface area contributed by atoms with Crippen LogP contribution in [-0.2, 0) is 0 Å². The van der Waals surface area contributed by atoms with Crippen LogP contribution in [0.15, 0.2) is 89.4 Å². The molecule has 2 bridgehead atoms. The Kier molecular flexibility index (Phi) is 11.8. The quantitative estimate of drug-likeness (QED) is 0.227. The summed E-state index contributed by atoms with van der Waals surface area (Å²) in [7, 11) is 0. The number of nitriles is 2. The summed E-state index contributed by atoms with van der Waals surface area (Å²) in [4.78, 5) is 5.36. The van der Waals surface area contributed by atoms with Gasteiger partial charge in [0.1, 0.15) is 0 Å². The third-order valence-corrected chi connectivity index (χ3v) is 8.78. The van der Waals surface area contributed by atoms with Crippen molar-refractivity contribution >= 4 is 22.7 Å². The highest BCUT2D eigenvalue weighted by molar-refractivity contribution is 7.10. The van der Waals surface area contributed by atoms with Crippen molar-refractivity contribution < 1.29 is 10.2 Å². The Morgan fingerprint density at radius 2 is 1.28 bits per heavy atom. The van der Waals surface area contributed by atoms with Crippen LogP contribution in [0.1, 0.15) is 52.3 Å². The molecular formula is C36H40N4O2S. The monoisotopic (exact) mass is 592 g/mol. The van der Waals surface area contributed by atoms with Gasteiger partial charge in [-0.25, -0.2) is 0 Å². The average molecular weight is 593 g/mol. The van der Waals surface area contributed by atoms with Gasteiger partial charge in [-0.3, -0.25) is 0 Å². The molecule has 7 heteroatoms. The fourth-order valence-electron chi connectivity index (χ4n) is 5.65. The third-order valence-electron chi connectivity index (χ3n) is 7.84. The Morgan fingerprint density at radius 1 is 0.767 bits per heavy atom. The first-order valence-corrected chi connectivity index (χ1v) is 15.6. The number of aliphatic hydroxyl groups is 2. The van der Waals surface area contributed by atoms with Gasteiger partial charge in [0.15, 0.2) is 0 Å². The van der Waals surface area contributed by atoms with Crippen LogP contribution in [0.3, 0.4) is 0 Å². The smallest absolute Gasteiger partial charge is 0.0640 e. The van der Waals surface area contributed by atoms with Crippen molar-refractivity contribution in [3.05, 3.63) is 116 Å². The maximum Gasteiger partial charge on any atom is 0.0640 e. The van der Waals surface area contributed by atoms with Crippen molar-refractivity contribution in [2.75, 3.05) is 49.2 Å². The second-order valence-corrected chi connectivity index (χ2v) is 11.7. The minimum Gasteiger partial charge on any atom is -0.395 e. The largest absolute Gasteiger partial charge is 0.395 e. The number of hydrogen-bond donors (Lipinski definition) is 2. The average Bonchev–Trinajstić information content (AvgIpc) is 3.81. The van der Waals surface area contributed by atoms with Gasteiger partial charge in [0.05, 0.1) is 38.2 Å². The zero-order chi connectivity index (χ0) is 30.6. The lowest BCUT2D eigenvalue weighted by Gasteiger charge is -2.27. The molecule has 0 unspecified atom stereocenters. The molecule has 3 aromatic rings. The van der Waals surface area contributed by atoms with Crippen molar-refractivity contribution in [2.24, 2.45) is 0 Å². The predicted molar refractivity (Wildman–Crippen MR) is 177 cm³/mol. The number of benzene rings is 2. The van der Waals surface area contributed by atoms with Crippen LogP contribution in [0, 0.1) is 36.5 Å². The summed E-state index contributed by atoms with van der Waals surface area (Å²) >= 11 is 1.74. The molecule has 5 rings (SSSR count). The van der Waals surface area contributed by atoms with Gasteiger partial charge in [-0.05, 0) is 89.4 Å². The molecule has 2 aliphatic rings. The van der Waals surface area contributed by atoms with Crippen LogP contribution >= 0.6 is 11.3 Å². The van der Waals surface area contributed by atoms with Crippen LogP contribution in [0.4, 0.5) is 11.4 Å². The van der Waals surface area contributed by atoms with Crippen molar-refractivity contribution in [1.82, 2.24) is 0 Å². The molecule has 0 radical (unpaired) electrons. The molecule has 43 heavy (non-hydrogen) atoms. The number of anilines is 2. The van der Waals surface area contributed by atoms with E-state index in [2.05, 4.69) is 114 Å². The SMILES string of the molecule is C1=CC2=CC=C1C2.Cc1cc(N(CCO)CCC#N)ccc1C(c1cccs1)c1ccc(N(CCO)CCC#N)cc1C. The molecule has 0 aliphatic heterocycles. The summed E-state index contributed by atoms with van der Waals surface area (Å²) in [6.45, 7) is 6.47. The van der Waals surface area contributed by atoms with E-state index < -0.39 is 0 Å². The van der Waals surface area contributed by atoms with Crippen molar-refractivity contribution in [2.45, 2.75) is 39.0 Å². The lowest BCUT2D eigenvalue weighted by molar-refractivity contribution is 0.301. The van der Waals surface area contributed by atoms with Gasteiger partial charge in [-0.15, -0.1) is 11.3 Å². The molecule has 0 saturated heterocycles. The van der Waals surface area contributed by atoms with Gasteiger partial charge < -0.3 is 20.0 Å². The summed E-state index contributed by atoms with van der Waals surface area (Å²) in [5.41, 5.74) is 9.71. The molecule has 0 saturated carbocycles. The molecular weight excluding hydrogens is 552 g/mol. The molecule has 2 aliphatic carbocycles. The van der Waals surface area contributed by atoms with Gasteiger partial charge in [-0.2, -0.15) is 10.5 Å². The molecule has 2 N–H and O–H groups in total. The zero-order valence-corrected chi connectivity index (χ0v) is 25.9. The number of thiophene rings is 1. The second-order valence-electron chi connectivity index (χ2n) is 10.8. The van der Waals surface area contributed by atoms with Gasteiger partial charge in [0.25, 0.3) is 0 Å². The molecule has 0 fully saturated rings. The Hall–Kier alpha value is -4.14. The number of nitrogens with zero attached hydrogens (tertiary/aromatic N) is 4. The van der Waals surface area contributed by atoms with E-state index in [0.29, 0.717) is 39.0 Å². The topological polar surface area (TPSA) is 94.5 Å². The van der Waals surface area contributed by atoms with Crippen LogP contribution in [0.5, 0.6) is 0 Å². The molecule has 0 atom stereocenters. The maximum atomic E-state index is 9.50. The van der Waals surface area contributed by atoms with Crippen molar-refractivity contribution in [1.29, 1.82) is 10.5 Å². The van der Waals surface area contributed by atoms with E-state index in [1.807, 2.05) is 0 Å². The first kappa shape index (κ1) is 31.8. The van der Waals surface area contributed by atoms with E-state index in [0.717, 1.165) is 22.5 Å². The lowest BCUT2D eigenvalue weighted by Crippen LogP contribution is -2.28. The lowest BCUT2D eigenvalue weighted by atomic mass is 9.84. The van der Waals surface area contributed by atoms with Crippen LogP contribution < -0.4 is 9.80 Å². The van der Waals surface area contributed by atoms with Crippen LogP contribution in [0.2, 0.25) is 0 Å². The van der Waals surface area contributed by atoms with E-state index in [9.17, 15) is 10.2 Å². The number of aliphatic hydroxyl groups excluding tert-OH is 2. The molecule has 2 aromatic carbocycles. The minimum absolute atomic E-state index is 0.0389. The summed E-state index contributed by atoms with van der Waals surface area (Å²) in [6.07, 6.45) is 10.7. The van der Waals surface area contributed by atoms with Crippen LogP contribution in [0.25, 0.3) is 0 Å². The number of fused-ring (bicyclic) bond motifs is 2. The van der Waals surface area contributed by atoms with Gasteiger partial charge in [0, 0.05) is 48.3 Å². The first-order valence-electron chi connectivity index (χ1n) is 14.8. The standard InChI is InChI=1S/C29H34N4O2S.C7H6/c1-22-20-24(32(15-17-34)13-4-11-30)7-9-26(22)29(28-6-3-19-36-28)27-10-8-25(21-23(27)2)33(16-18-35)14-5-12-31;1-2-7-4-3-6(1)5-7/h3,6-10,19-21,29,34-35H,4-5,13-18H2,1-2H3;1-4H,5H2. The molecule has 6 nitrogen and oxygen atoms in total. The van der Waals surface area contributed by atoms with Crippen LogP contribution in [-0.4, -0.2) is 49.6 Å². The summed E-state index contributed by atoms with van der Waals surface area (Å²) < 4.78 is 0. The fraction of sp³-hybridized carbons (Fsp3) is 0.333. The number of rotatable bonds is 13. The van der Waals surface area contributed by atoms with Crippen molar-refractivity contribution in [3.8, 4) is 12.1 Å². The highest BCUT2D eigenvalue weighted by Gasteiger charge is 2.23. The molecule has 1 heterocycles. The first-order chi connectivity index (χ1) is 21.0. The summed E-state index contributed by atoms with van der Waals surface area (Å²) in [5, 5.41) is 39.1. The molecule has 0 spiro atoms. The van der Waals surface area contributed by atoms with E-state index in [1.54, 1.807) is 11.3 Å². The van der Waals surface area contributed by atoms with Gasteiger partial charge in [0.2, 0.25) is 0 Å². The van der Waals surface area contributed by atoms with E-state index >= 15 is 0 Å². The van der Waals surface area contributed by atoms with Crippen molar-refractivity contribution in [3.63, 3.8) is 0 Å². The number of hydrogen-bond acceptors (Lipinski definition) is 7. The third kappa shape index (κ3) is 8.24. The van der Waals surface area contributed by atoms with E-state index in [-0.39, 0.29) is 19.1 Å². The number of allylic oxidation sites excluding steroid dienone is 6. The fourth-order valence-corrected chi connectivity index (χ4v) is 6.51. The van der Waals surface area contributed by atoms with Gasteiger partial charge >= 0.3 is 0 Å². The Bertz CT molecular complexity index is 1440. The van der Waals surface area contributed by atoms with E-state index in [1.165, 1.54) is 33.6 Å². The molecule has 1 aromatic heterocycles. The second kappa shape index (κ2) is 15.9. The Morgan fingerprint density at radius 3 is 1.60 bits per heavy atom. The predicted octanol–water partition coefficient (Wildman–Crippen LogP) is 6.78. The molecule has 0 amide bonds. The Balaban J connectivity index is 0.000000520. The minimum atomic E-state index is 0.0389. The van der Waals surface area contributed by atoms with E-state index in [4.69, 9.17) is 10.5 Å². The molecule has 222 valence electrons. The summed E-state index contributed by atoms with van der Waals surface area (Å²) in [6, 6.07) is 21.5. The van der Waals surface area contributed by atoms with Gasteiger partial charge in [-0.1, -0.05) is 42.5 Å². The Labute approximate surface area is 259 Å². The maximum absolute atomic E-state index is 9.50. The normalized spacial score (nSPS) is 12.7. The number of aryl methyl sites for hydroxylation is 2. The summed E-state index contributed by atoms with van der Waals surface area (Å²) in [5.74, 6) is 0.0731. The highest BCUT2D eigenvalue weighted by Crippen LogP contribution is 2.39. The highest BCUT2D eigenvalue weighted by atomic mass is 32.1. The zero-order valence-electron chi connectivity index (χ0n) is 25.0.